The molecule has 1 aromatic rings. The number of unbranched alkanes of at least 4 members (excludes halogenated alkanes) is 1. The molecule has 0 spiro atoms. The minimum atomic E-state index is 0.957. The predicted molar refractivity (Wildman–Crippen MR) is 77.4 cm³/mol. The normalized spacial score (nSPS) is 19.7. The molecule has 1 saturated heterocycles. The Morgan fingerprint density at radius 2 is 2.05 bits per heavy atom. The molecular formula is C15H24N4. The zero-order valence-electron chi connectivity index (χ0n) is 11.9. The third-order valence-corrected chi connectivity index (χ3v) is 4.22. The van der Waals surface area contributed by atoms with Crippen LogP contribution in [0.4, 0.5) is 5.95 Å². The van der Waals surface area contributed by atoms with Crippen molar-refractivity contribution in [2.75, 3.05) is 31.1 Å². The Morgan fingerprint density at radius 3 is 2.84 bits per heavy atom. The van der Waals surface area contributed by atoms with Crippen molar-refractivity contribution in [1.29, 1.82) is 0 Å². The van der Waals surface area contributed by atoms with Crippen molar-refractivity contribution in [3.05, 3.63) is 17.5 Å². The second kappa shape index (κ2) is 5.87. The van der Waals surface area contributed by atoms with Gasteiger partial charge in [-0.2, -0.15) is 0 Å². The second-order valence-electron chi connectivity index (χ2n) is 5.72. The van der Waals surface area contributed by atoms with E-state index in [4.69, 9.17) is 4.98 Å². The lowest BCUT2D eigenvalue weighted by molar-refractivity contribution is 0.247. The van der Waals surface area contributed by atoms with Crippen LogP contribution in [0.25, 0.3) is 0 Å². The van der Waals surface area contributed by atoms with Gasteiger partial charge in [0.2, 0.25) is 5.95 Å². The number of rotatable bonds is 4. The Hall–Kier alpha value is -1.16. The molecule has 0 aliphatic carbocycles. The topological polar surface area (TPSA) is 32.3 Å². The van der Waals surface area contributed by atoms with Crippen molar-refractivity contribution >= 4 is 5.95 Å². The SMILES string of the molecule is CCCCN1CCc2nc(N3CCCC3)ncc2C1. The van der Waals surface area contributed by atoms with Gasteiger partial charge in [-0.05, 0) is 25.8 Å². The number of hydrogen-bond acceptors (Lipinski definition) is 4. The number of nitrogens with zero attached hydrogens (tertiary/aromatic N) is 4. The molecule has 4 nitrogen and oxygen atoms in total. The Bertz CT molecular complexity index is 426. The van der Waals surface area contributed by atoms with Gasteiger partial charge >= 0.3 is 0 Å². The van der Waals surface area contributed by atoms with Crippen LogP contribution in [-0.4, -0.2) is 41.0 Å². The summed E-state index contributed by atoms with van der Waals surface area (Å²) in [5.74, 6) is 0.957. The van der Waals surface area contributed by atoms with Gasteiger partial charge in [-0.1, -0.05) is 13.3 Å². The summed E-state index contributed by atoms with van der Waals surface area (Å²) in [7, 11) is 0. The third-order valence-electron chi connectivity index (χ3n) is 4.22. The number of hydrogen-bond donors (Lipinski definition) is 0. The third kappa shape index (κ3) is 2.89. The van der Waals surface area contributed by atoms with Gasteiger partial charge in [0.1, 0.15) is 0 Å². The van der Waals surface area contributed by atoms with Crippen LogP contribution in [0.5, 0.6) is 0 Å². The highest BCUT2D eigenvalue weighted by Crippen LogP contribution is 2.21. The molecule has 2 aliphatic heterocycles. The zero-order valence-corrected chi connectivity index (χ0v) is 11.9. The number of anilines is 1. The van der Waals surface area contributed by atoms with Crippen molar-refractivity contribution in [3.8, 4) is 0 Å². The highest BCUT2D eigenvalue weighted by Gasteiger charge is 2.20. The van der Waals surface area contributed by atoms with E-state index in [-0.39, 0.29) is 0 Å². The first-order valence-electron chi connectivity index (χ1n) is 7.69. The fourth-order valence-corrected chi connectivity index (χ4v) is 3.01. The molecule has 1 aromatic heterocycles. The Kier molecular flexibility index (Phi) is 3.97. The Morgan fingerprint density at radius 1 is 1.21 bits per heavy atom. The molecule has 0 atom stereocenters. The van der Waals surface area contributed by atoms with E-state index in [9.17, 15) is 0 Å². The van der Waals surface area contributed by atoms with E-state index >= 15 is 0 Å². The van der Waals surface area contributed by atoms with Gasteiger partial charge in [0.15, 0.2) is 0 Å². The largest absolute Gasteiger partial charge is 0.341 e. The molecule has 0 amide bonds. The first-order chi connectivity index (χ1) is 9.36. The number of fused-ring (bicyclic) bond motifs is 1. The van der Waals surface area contributed by atoms with Crippen LogP contribution < -0.4 is 4.90 Å². The van der Waals surface area contributed by atoms with E-state index in [1.165, 1.54) is 43.5 Å². The molecule has 2 aliphatic rings. The summed E-state index contributed by atoms with van der Waals surface area (Å²) in [6.07, 6.45) is 8.28. The minimum Gasteiger partial charge on any atom is -0.341 e. The van der Waals surface area contributed by atoms with Gasteiger partial charge in [0.25, 0.3) is 0 Å². The average Bonchev–Trinajstić information content (AvgIpc) is 2.98. The molecular weight excluding hydrogens is 236 g/mol. The molecule has 0 unspecified atom stereocenters. The van der Waals surface area contributed by atoms with Crippen molar-refractivity contribution < 1.29 is 0 Å². The van der Waals surface area contributed by atoms with E-state index in [1.54, 1.807) is 0 Å². The van der Waals surface area contributed by atoms with Crippen molar-refractivity contribution in [2.24, 2.45) is 0 Å². The van der Waals surface area contributed by atoms with Gasteiger partial charge in [-0.15, -0.1) is 0 Å². The fourth-order valence-electron chi connectivity index (χ4n) is 3.01. The smallest absolute Gasteiger partial charge is 0.225 e. The molecule has 0 bridgehead atoms. The van der Waals surface area contributed by atoms with Gasteiger partial charge in [0, 0.05) is 44.4 Å². The summed E-state index contributed by atoms with van der Waals surface area (Å²) < 4.78 is 0. The maximum Gasteiger partial charge on any atom is 0.225 e. The van der Waals surface area contributed by atoms with E-state index in [1.807, 2.05) is 0 Å². The Balaban J connectivity index is 1.69. The van der Waals surface area contributed by atoms with Crippen LogP contribution in [0.3, 0.4) is 0 Å². The maximum absolute atomic E-state index is 4.80. The first-order valence-corrected chi connectivity index (χ1v) is 7.69. The standard InChI is InChI=1S/C15H24N4/c1-2-3-7-18-10-6-14-13(12-18)11-16-15(17-14)19-8-4-5-9-19/h11H,2-10,12H2,1H3. The van der Waals surface area contributed by atoms with Crippen molar-refractivity contribution in [2.45, 2.75) is 45.6 Å². The van der Waals surface area contributed by atoms with E-state index in [2.05, 4.69) is 27.9 Å². The van der Waals surface area contributed by atoms with Gasteiger partial charge < -0.3 is 4.90 Å². The van der Waals surface area contributed by atoms with Crippen LogP contribution in [0.2, 0.25) is 0 Å². The monoisotopic (exact) mass is 260 g/mol. The molecule has 0 radical (unpaired) electrons. The van der Waals surface area contributed by atoms with Crippen LogP contribution in [0, 0.1) is 0 Å². The molecule has 0 N–H and O–H groups in total. The summed E-state index contributed by atoms with van der Waals surface area (Å²) in [4.78, 5) is 14.2. The lowest BCUT2D eigenvalue weighted by atomic mass is 10.1. The lowest BCUT2D eigenvalue weighted by Crippen LogP contribution is -2.32. The minimum absolute atomic E-state index is 0.957. The quantitative estimate of drug-likeness (QED) is 0.831. The molecule has 1 fully saturated rings. The highest BCUT2D eigenvalue weighted by molar-refractivity contribution is 5.35. The number of aromatic nitrogens is 2. The maximum atomic E-state index is 4.80. The summed E-state index contributed by atoms with van der Waals surface area (Å²) in [5, 5.41) is 0. The predicted octanol–water partition coefficient (Wildman–Crippen LogP) is 2.24. The van der Waals surface area contributed by atoms with Crippen LogP contribution in [0.1, 0.15) is 43.9 Å². The van der Waals surface area contributed by atoms with Crippen LogP contribution in [-0.2, 0) is 13.0 Å². The van der Waals surface area contributed by atoms with Crippen LogP contribution >= 0.6 is 0 Å². The summed E-state index contributed by atoms with van der Waals surface area (Å²) in [5.41, 5.74) is 2.62. The van der Waals surface area contributed by atoms with E-state index < -0.39 is 0 Å². The summed E-state index contributed by atoms with van der Waals surface area (Å²) in [6.45, 7) is 7.91. The lowest BCUT2D eigenvalue weighted by Gasteiger charge is -2.28. The molecule has 3 rings (SSSR count). The second-order valence-corrected chi connectivity index (χ2v) is 5.72. The average molecular weight is 260 g/mol. The van der Waals surface area contributed by atoms with Crippen molar-refractivity contribution in [1.82, 2.24) is 14.9 Å². The molecule has 0 saturated carbocycles. The zero-order chi connectivity index (χ0) is 13.1. The Labute approximate surface area is 115 Å². The molecule has 4 heteroatoms. The van der Waals surface area contributed by atoms with Crippen molar-refractivity contribution in [3.63, 3.8) is 0 Å². The molecule has 0 aromatic carbocycles. The molecule has 3 heterocycles. The molecule has 19 heavy (non-hydrogen) atoms. The summed E-state index contributed by atoms with van der Waals surface area (Å²) >= 11 is 0. The highest BCUT2D eigenvalue weighted by atomic mass is 15.3. The van der Waals surface area contributed by atoms with E-state index in [0.717, 1.165) is 38.5 Å². The van der Waals surface area contributed by atoms with E-state index in [0.29, 0.717) is 0 Å². The van der Waals surface area contributed by atoms with Crippen LogP contribution in [0.15, 0.2) is 6.20 Å². The van der Waals surface area contributed by atoms with Gasteiger partial charge in [-0.3, -0.25) is 4.90 Å². The fraction of sp³-hybridized carbons (Fsp3) is 0.733. The van der Waals surface area contributed by atoms with Gasteiger partial charge in [0.05, 0.1) is 5.69 Å². The summed E-state index contributed by atoms with van der Waals surface area (Å²) in [6, 6.07) is 0. The first kappa shape index (κ1) is 12.9. The molecule has 104 valence electrons. The van der Waals surface area contributed by atoms with Gasteiger partial charge in [-0.25, -0.2) is 9.97 Å².